The van der Waals surface area contributed by atoms with Crippen molar-refractivity contribution in [2.24, 2.45) is 5.41 Å². The molecule has 6 atom stereocenters. The molecule has 1 unspecified atom stereocenters. The number of fused-ring (bicyclic) bond motifs is 1. The number of hydrogen-bond acceptors (Lipinski definition) is 9. The highest BCUT2D eigenvalue weighted by Crippen LogP contribution is 2.31. The van der Waals surface area contributed by atoms with E-state index >= 15 is 0 Å². The molecule has 0 aromatic heterocycles. The predicted octanol–water partition coefficient (Wildman–Crippen LogP) is 3.72. The average Bonchev–Trinajstić information content (AvgIpc) is 3.49. The van der Waals surface area contributed by atoms with Gasteiger partial charge in [-0.1, -0.05) is 118 Å². The molecule has 5 rings (SSSR count). The van der Waals surface area contributed by atoms with Gasteiger partial charge in [-0.25, -0.2) is 4.79 Å². The van der Waals surface area contributed by atoms with Crippen molar-refractivity contribution in [1.29, 1.82) is 0 Å². The van der Waals surface area contributed by atoms with Gasteiger partial charge in [0.25, 0.3) is 0 Å². The van der Waals surface area contributed by atoms with Gasteiger partial charge in [0.1, 0.15) is 31.0 Å². The standard InChI is InChI=1S/C43H52N4O8/c1-43(2,3)39(47-42(53)55-27-30-14-8-5-9-15-30)41(52)45-34(24-28-12-6-4-7-13-28)38(50)37(44-26-29-18-20-32(21-19-29)54-23-22-48)40(51)46-36-33-17-11-10-16-31(33)25-35(36)49/h4-21,34-39,44,48-50H,22-27H2,1-3H3,(H,45,52)(H,46,51)(H,47,53)/t34-,35?,36-,37+,38+,39+/m0/s1. The highest BCUT2D eigenvalue weighted by Gasteiger charge is 2.40. The minimum Gasteiger partial charge on any atom is -0.491 e. The predicted molar refractivity (Wildman–Crippen MR) is 208 cm³/mol. The Morgan fingerprint density at radius 1 is 0.800 bits per heavy atom. The third-order valence-electron chi connectivity index (χ3n) is 9.58. The van der Waals surface area contributed by atoms with Crippen LogP contribution in [-0.2, 0) is 40.3 Å². The maximum Gasteiger partial charge on any atom is 0.408 e. The third kappa shape index (κ3) is 11.6. The Morgan fingerprint density at radius 3 is 2.09 bits per heavy atom. The number of ether oxygens (including phenoxy) is 2. The summed E-state index contributed by atoms with van der Waals surface area (Å²) in [6.45, 7) is 5.62. The molecule has 12 nitrogen and oxygen atoms in total. The summed E-state index contributed by atoms with van der Waals surface area (Å²) in [7, 11) is 0. The number of carbonyl (C=O) groups is 3. The Morgan fingerprint density at radius 2 is 1.44 bits per heavy atom. The molecule has 12 heteroatoms. The number of hydrogen-bond donors (Lipinski definition) is 7. The number of nitrogens with one attached hydrogen (secondary N) is 4. The largest absolute Gasteiger partial charge is 0.491 e. The quantitative estimate of drug-likeness (QED) is 0.0847. The van der Waals surface area contributed by atoms with Gasteiger partial charge in [0, 0.05) is 13.0 Å². The molecule has 0 aliphatic heterocycles. The molecule has 0 saturated heterocycles. The van der Waals surface area contributed by atoms with E-state index in [1.165, 1.54) is 0 Å². The lowest BCUT2D eigenvalue weighted by atomic mass is 9.85. The van der Waals surface area contributed by atoms with Crippen LogP contribution in [0.25, 0.3) is 0 Å². The van der Waals surface area contributed by atoms with Crippen molar-refractivity contribution in [1.82, 2.24) is 21.3 Å². The van der Waals surface area contributed by atoms with Gasteiger partial charge in [-0.2, -0.15) is 0 Å². The van der Waals surface area contributed by atoms with Crippen molar-refractivity contribution in [2.75, 3.05) is 13.2 Å². The van der Waals surface area contributed by atoms with Crippen molar-refractivity contribution in [3.05, 3.63) is 137 Å². The molecule has 55 heavy (non-hydrogen) atoms. The van der Waals surface area contributed by atoms with Crippen molar-refractivity contribution >= 4 is 17.9 Å². The van der Waals surface area contributed by atoms with Crippen LogP contribution >= 0.6 is 0 Å². The Kier molecular flexibility index (Phi) is 14.4. The minimum atomic E-state index is -1.49. The van der Waals surface area contributed by atoms with E-state index in [-0.39, 0.29) is 32.8 Å². The van der Waals surface area contributed by atoms with E-state index in [0.717, 1.165) is 27.8 Å². The normalized spacial score (nSPS) is 17.2. The zero-order chi connectivity index (χ0) is 39.4. The van der Waals surface area contributed by atoms with Gasteiger partial charge in [-0.15, -0.1) is 0 Å². The first-order valence-corrected chi connectivity index (χ1v) is 18.5. The number of aliphatic hydroxyl groups excluding tert-OH is 3. The Labute approximate surface area is 322 Å². The number of aliphatic hydroxyl groups is 3. The zero-order valence-corrected chi connectivity index (χ0v) is 31.5. The lowest BCUT2D eigenvalue weighted by molar-refractivity contribution is -0.131. The summed E-state index contributed by atoms with van der Waals surface area (Å²) in [5, 5.41) is 44.2. The van der Waals surface area contributed by atoms with E-state index in [4.69, 9.17) is 14.6 Å². The van der Waals surface area contributed by atoms with Gasteiger partial charge in [0.05, 0.1) is 30.9 Å². The molecule has 292 valence electrons. The summed E-state index contributed by atoms with van der Waals surface area (Å²) in [5.74, 6) is -0.571. The Bertz CT molecular complexity index is 1840. The van der Waals surface area contributed by atoms with Gasteiger partial charge in [0.15, 0.2) is 0 Å². The molecule has 4 aromatic rings. The average molecular weight is 753 g/mol. The fraction of sp³-hybridized carbons (Fsp3) is 0.372. The lowest BCUT2D eigenvalue weighted by Gasteiger charge is -2.35. The Hall–Kier alpha value is -5.27. The van der Waals surface area contributed by atoms with Crippen LogP contribution in [0.15, 0.2) is 109 Å². The number of carbonyl (C=O) groups excluding carboxylic acids is 3. The van der Waals surface area contributed by atoms with E-state index < -0.39 is 59.7 Å². The first-order valence-electron chi connectivity index (χ1n) is 18.5. The molecular formula is C43H52N4O8. The van der Waals surface area contributed by atoms with E-state index in [0.29, 0.717) is 12.2 Å². The van der Waals surface area contributed by atoms with Crippen molar-refractivity contribution in [3.63, 3.8) is 0 Å². The number of alkyl carbamates (subject to hydrolysis) is 1. The second-order valence-corrected chi connectivity index (χ2v) is 14.8. The molecule has 0 fully saturated rings. The van der Waals surface area contributed by atoms with Crippen LogP contribution in [0, 0.1) is 5.41 Å². The molecule has 3 amide bonds. The van der Waals surface area contributed by atoms with Crippen LogP contribution in [0.4, 0.5) is 4.79 Å². The van der Waals surface area contributed by atoms with Gasteiger partial charge in [0.2, 0.25) is 11.8 Å². The number of amides is 3. The highest BCUT2D eigenvalue weighted by atomic mass is 16.5. The molecule has 7 N–H and O–H groups in total. The summed E-state index contributed by atoms with van der Waals surface area (Å²) in [4.78, 5) is 41.4. The van der Waals surface area contributed by atoms with E-state index in [9.17, 15) is 24.6 Å². The summed E-state index contributed by atoms with van der Waals surface area (Å²) in [5.41, 5.74) is 3.31. The molecule has 0 heterocycles. The lowest BCUT2D eigenvalue weighted by Crippen LogP contribution is -2.62. The van der Waals surface area contributed by atoms with Gasteiger partial charge < -0.3 is 40.7 Å². The maximum atomic E-state index is 14.3. The minimum absolute atomic E-state index is 0.0154. The first kappa shape index (κ1) is 40.9. The molecule has 1 aliphatic rings. The zero-order valence-electron chi connectivity index (χ0n) is 31.5. The second-order valence-electron chi connectivity index (χ2n) is 14.8. The van der Waals surface area contributed by atoms with Gasteiger partial charge in [-0.05, 0) is 51.8 Å². The van der Waals surface area contributed by atoms with Crippen LogP contribution in [-0.4, -0.2) is 76.8 Å². The van der Waals surface area contributed by atoms with Crippen LogP contribution < -0.4 is 26.0 Å². The Balaban J connectivity index is 1.40. The monoisotopic (exact) mass is 752 g/mol. The summed E-state index contributed by atoms with van der Waals surface area (Å²) in [6, 6.07) is 29.0. The summed E-state index contributed by atoms with van der Waals surface area (Å²) < 4.78 is 10.9. The SMILES string of the molecule is CC(C)(C)[C@H](NC(=O)OCc1ccccc1)C(=O)N[C@@H](Cc1ccccc1)[C@@H](O)[C@@H](NCc1ccc(OCCO)cc1)C(=O)N[C@H]1c2ccccc2CC1O. The number of rotatable bonds is 17. The smallest absolute Gasteiger partial charge is 0.408 e. The second kappa shape index (κ2) is 19.4. The van der Waals surface area contributed by atoms with Crippen LogP contribution in [0.2, 0.25) is 0 Å². The van der Waals surface area contributed by atoms with Crippen LogP contribution in [0.5, 0.6) is 5.75 Å². The topological polar surface area (TPSA) is 178 Å². The number of benzene rings is 4. The van der Waals surface area contributed by atoms with Crippen LogP contribution in [0.3, 0.4) is 0 Å². The van der Waals surface area contributed by atoms with Crippen LogP contribution in [0.1, 0.15) is 54.6 Å². The molecule has 4 aromatic carbocycles. The van der Waals surface area contributed by atoms with Crippen molar-refractivity contribution in [2.45, 2.75) is 83.1 Å². The molecule has 0 spiro atoms. The molecule has 0 saturated carbocycles. The highest BCUT2D eigenvalue weighted by molar-refractivity contribution is 5.87. The maximum absolute atomic E-state index is 14.3. The van der Waals surface area contributed by atoms with Crippen molar-refractivity contribution < 1.29 is 39.2 Å². The van der Waals surface area contributed by atoms with E-state index in [1.54, 1.807) is 45.0 Å². The van der Waals surface area contributed by atoms with Crippen molar-refractivity contribution in [3.8, 4) is 5.75 Å². The first-order chi connectivity index (χ1) is 26.4. The third-order valence-corrected chi connectivity index (χ3v) is 9.58. The summed E-state index contributed by atoms with van der Waals surface area (Å²) in [6.07, 6.45) is -2.61. The summed E-state index contributed by atoms with van der Waals surface area (Å²) >= 11 is 0. The fourth-order valence-electron chi connectivity index (χ4n) is 6.64. The molecule has 0 bridgehead atoms. The molecule has 0 radical (unpaired) electrons. The molecule has 1 aliphatic carbocycles. The fourth-order valence-corrected chi connectivity index (χ4v) is 6.64. The van der Waals surface area contributed by atoms with E-state index in [2.05, 4.69) is 21.3 Å². The van der Waals surface area contributed by atoms with Gasteiger partial charge >= 0.3 is 6.09 Å². The van der Waals surface area contributed by atoms with Gasteiger partial charge in [-0.3, -0.25) is 14.9 Å². The molecular weight excluding hydrogens is 700 g/mol. The van der Waals surface area contributed by atoms with E-state index in [1.807, 2.05) is 84.9 Å².